The number of amides is 1. The van der Waals surface area contributed by atoms with Gasteiger partial charge in [-0.3, -0.25) is 4.79 Å². The molecule has 0 fully saturated rings. The van der Waals surface area contributed by atoms with Crippen LogP contribution in [0.25, 0.3) is 16.6 Å². The zero-order valence-corrected chi connectivity index (χ0v) is 20.1. The van der Waals surface area contributed by atoms with Crippen LogP contribution in [-0.2, 0) is 24.3 Å². The van der Waals surface area contributed by atoms with Gasteiger partial charge in [0.15, 0.2) is 0 Å². The second kappa shape index (κ2) is 10.5. The SMILES string of the molecule is [B]c1cnn2c(NCc3ccc(CNC(=O)Cc4cccc(O)c4)cc3)cc(-c3ccccc3O)cc12. The number of rotatable bonds is 8. The molecule has 37 heavy (non-hydrogen) atoms. The van der Waals surface area contributed by atoms with Gasteiger partial charge in [-0.25, -0.2) is 4.52 Å². The summed E-state index contributed by atoms with van der Waals surface area (Å²) in [5, 5.41) is 30.6. The Balaban J connectivity index is 1.24. The summed E-state index contributed by atoms with van der Waals surface area (Å²) in [4.78, 5) is 12.2. The van der Waals surface area contributed by atoms with Crippen molar-refractivity contribution in [1.82, 2.24) is 14.9 Å². The maximum Gasteiger partial charge on any atom is 0.224 e. The summed E-state index contributed by atoms with van der Waals surface area (Å²) in [6, 6.07) is 25.7. The lowest BCUT2D eigenvalue weighted by Crippen LogP contribution is -2.24. The Kier molecular flexibility index (Phi) is 6.81. The Hall–Kier alpha value is -4.72. The van der Waals surface area contributed by atoms with Crippen molar-refractivity contribution in [3.63, 3.8) is 0 Å². The average Bonchev–Trinajstić information content (AvgIpc) is 3.27. The fourth-order valence-electron chi connectivity index (χ4n) is 4.19. The number of aromatic hydroxyl groups is 2. The maximum absolute atomic E-state index is 12.2. The monoisotopic (exact) mass is 488 g/mol. The number of phenolic OH excluding ortho intramolecular Hbond substituents is 2. The van der Waals surface area contributed by atoms with Gasteiger partial charge >= 0.3 is 0 Å². The van der Waals surface area contributed by atoms with E-state index in [1.165, 1.54) is 0 Å². The van der Waals surface area contributed by atoms with E-state index in [2.05, 4.69) is 15.7 Å². The van der Waals surface area contributed by atoms with Crippen molar-refractivity contribution in [2.75, 3.05) is 5.32 Å². The summed E-state index contributed by atoms with van der Waals surface area (Å²) < 4.78 is 1.75. The van der Waals surface area contributed by atoms with Crippen molar-refractivity contribution in [3.8, 4) is 22.6 Å². The van der Waals surface area contributed by atoms with Gasteiger partial charge in [0.1, 0.15) is 25.2 Å². The fourth-order valence-corrected chi connectivity index (χ4v) is 4.19. The molecule has 7 nitrogen and oxygen atoms in total. The predicted molar refractivity (Wildman–Crippen MR) is 145 cm³/mol. The first-order valence-corrected chi connectivity index (χ1v) is 11.9. The molecule has 3 aromatic carbocycles. The number of benzene rings is 3. The molecular weight excluding hydrogens is 463 g/mol. The molecule has 2 radical (unpaired) electrons. The Bertz CT molecular complexity index is 1560. The molecule has 1 amide bonds. The first kappa shape index (κ1) is 24.0. The van der Waals surface area contributed by atoms with Crippen molar-refractivity contribution in [2.24, 2.45) is 0 Å². The van der Waals surface area contributed by atoms with E-state index >= 15 is 0 Å². The second-order valence-electron chi connectivity index (χ2n) is 8.84. The molecule has 5 aromatic rings. The molecule has 0 aliphatic carbocycles. The zero-order chi connectivity index (χ0) is 25.8. The van der Waals surface area contributed by atoms with E-state index in [1.807, 2.05) is 54.6 Å². The van der Waals surface area contributed by atoms with E-state index in [0.29, 0.717) is 24.1 Å². The van der Waals surface area contributed by atoms with Crippen LogP contribution in [0.4, 0.5) is 5.82 Å². The van der Waals surface area contributed by atoms with Gasteiger partial charge in [-0.05, 0) is 52.6 Å². The lowest BCUT2D eigenvalue weighted by Gasteiger charge is -2.13. The minimum atomic E-state index is -0.108. The number of hydrogen-bond donors (Lipinski definition) is 4. The smallest absolute Gasteiger partial charge is 0.224 e. The molecule has 0 saturated carbocycles. The number of anilines is 1. The van der Waals surface area contributed by atoms with Crippen LogP contribution in [0.2, 0.25) is 0 Å². The van der Waals surface area contributed by atoms with Crippen molar-refractivity contribution >= 4 is 30.6 Å². The van der Waals surface area contributed by atoms with E-state index < -0.39 is 0 Å². The van der Waals surface area contributed by atoms with E-state index in [9.17, 15) is 15.0 Å². The molecule has 4 N–H and O–H groups in total. The molecule has 182 valence electrons. The van der Waals surface area contributed by atoms with Gasteiger partial charge in [-0.15, -0.1) is 0 Å². The van der Waals surface area contributed by atoms with Gasteiger partial charge in [0.25, 0.3) is 0 Å². The van der Waals surface area contributed by atoms with Crippen molar-refractivity contribution < 1.29 is 15.0 Å². The summed E-state index contributed by atoms with van der Waals surface area (Å²) in [6.45, 7) is 0.963. The Labute approximate surface area is 215 Å². The third-order valence-corrected chi connectivity index (χ3v) is 6.13. The number of pyridine rings is 1. The number of carbonyl (C=O) groups is 1. The van der Waals surface area contributed by atoms with Gasteiger partial charge in [-0.1, -0.05) is 60.1 Å². The molecule has 0 aliphatic heterocycles. The van der Waals surface area contributed by atoms with E-state index in [0.717, 1.165) is 33.6 Å². The van der Waals surface area contributed by atoms with Crippen LogP contribution in [0.5, 0.6) is 11.5 Å². The Morgan fingerprint density at radius 3 is 2.38 bits per heavy atom. The Morgan fingerprint density at radius 1 is 0.865 bits per heavy atom. The summed E-state index contributed by atoms with van der Waals surface area (Å²) in [7, 11) is 6.14. The first-order valence-electron chi connectivity index (χ1n) is 11.9. The maximum atomic E-state index is 12.2. The molecule has 0 aliphatic rings. The lowest BCUT2D eigenvalue weighted by molar-refractivity contribution is -0.120. The third-order valence-electron chi connectivity index (χ3n) is 6.13. The highest BCUT2D eigenvalue weighted by Crippen LogP contribution is 2.31. The topological polar surface area (TPSA) is 98.9 Å². The van der Waals surface area contributed by atoms with E-state index in [1.54, 1.807) is 41.0 Å². The molecule has 2 heterocycles. The molecule has 5 rings (SSSR count). The number of hydrogen-bond acceptors (Lipinski definition) is 5. The number of aromatic nitrogens is 2. The van der Waals surface area contributed by atoms with Crippen molar-refractivity contribution in [1.29, 1.82) is 0 Å². The number of para-hydroxylation sites is 1. The van der Waals surface area contributed by atoms with Crippen LogP contribution in [-0.4, -0.2) is 33.6 Å². The number of nitrogens with zero attached hydrogens (tertiary/aromatic N) is 2. The minimum absolute atomic E-state index is 0.108. The molecule has 0 unspecified atom stereocenters. The summed E-state index contributed by atoms with van der Waals surface area (Å²) >= 11 is 0. The Morgan fingerprint density at radius 2 is 1.62 bits per heavy atom. The fraction of sp³-hybridized carbons (Fsp3) is 0.103. The van der Waals surface area contributed by atoms with Crippen LogP contribution in [0, 0.1) is 0 Å². The highest BCUT2D eigenvalue weighted by Gasteiger charge is 2.11. The van der Waals surface area contributed by atoms with Crippen molar-refractivity contribution in [2.45, 2.75) is 19.5 Å². The van der Waals surface area contributed by atoms with Crippen LogP contribution >= 0.6 is 0 Å². The van der Waals surface area contributed by atoms with E-state index in [-0.39, 0.29) is 23.8 Å². The van der Waals surface area contributed by atoms with Crippen LogP contribution < -0.4 is 16.1 Å². The molecule has 2 aromatic heterocycles. The number of phenols is 2. The van der Waals surface area contributed by atoms with Crippen LogP contribution in [0.15, 0.2) is 91.1 Å². The molecule has 0 spiro atoms. The standard InChI is InChI=1S/C29H25BN4O3/c30-25-18-33-34-26(25)14-22(24-6-1-2-7-27(24)36)15-28(34)31-16-19-8-10-20(11-9-19)17-32-29(37)13-21-4-3-5-23(35)12-21/h1-12,14-15,18,31,35-36H,13,16-17H2,(H,32,37). The molecule has 0 bridgehead atoms. The quantitative estimate of drug-likeness (QED) is 0.250. The second-order valence-corrected chi connectivity index (χ2v) is 8.84. The third kappa shape index (κ3) is 5.59. The number of carbonyl (C=O) groups excluding carboxylic acids is 1. The zero-order valence-electron chi connectivity index (χ0n) is 20.1. The van der Waals surface area contributed by atoms with Gasteiger partial charge in [-0.2, -0.15) is 5.10 Å². The predicted octanol–water partition coefficient (Wildman–Crippen LogP) is 3.68. The molecule has 0 atom stereocenters. The van der Waals surface area contributed by atoms with Crippen LogP contribution in [0.1, 0.15) is 16.7 Å². The lowest BCUT2D eigenvalue weighted by atomic mass is 9.96. The van der Waals surface area contributed by atoms with Gasteiger partial charge in [0, 0.05) is 24.8 Å². The van der Waals surface area contributed by atoms with Gasteiger partial charge < -0.3 is 20.8 Å². The normalized spacial score (nSPS) is 10.9. The molecule has 0 saturated heterocycles. The molecule has 8 heteroatoms. The summed E-state index contributed by atoms with van der Waals surface area (Å²) in [5.74, 6) is 0.982. The highest BCUT2D eigenvalue weighted by atomic mass is 16.3. The van der Waals surface area contributed by atoms with Gasteiger partial charge in [0.2, 0.25) is 5.91 Å². The van der Waals surface area contributed by atoms with Crippen LogP contribution in [0.3, 0.4) is 0 Å². The van der Waals surface area contributed by atoms with Crippen molar-refractivity contribution in [3.05, 3.63) is 108 Å². The number of fused-ring (bicyclic) bond motifs is 1. The van der Waals surface area contributed by atoms with Gasteiger partial charge in [0.05, 0.1) is 11.9 Å². The minimum Gasteiger partial charge on any atom is -0.508 e. The molecular formula is C29H25BN4O3. The largest absolute Gasteiger partial charge is 0.508 e. The summed E-state index contributed by atoms with van der Waals surface area (Å²) in [5.41, 5.74) is 5.64. The average molecular weight is 488 g/mol. The number of nitrogens with one attached hydrogen (secondary N) is 2. The highest BCUT2D eigenvalue weighted by molar-refractivity contribution is 6.36. The summed E-state index contributed by atoms with van der Waals surface area (Å²) in [6.07, 6.45) is 1.82. The van der Waals surface area contributed by atoms with E-state index in [4.69, 9.17) is 7.85 Å². The first-order chi connectivity index (χ1) is 18.0.